The summed E-state index contributed by atoms with van der Waals surface area (Å²) in [5, 5.41) is 1.24. The molecule has 118 valence electrons. The summed E-state index contributed by atoms with van der Waals surface area (Å²) in [7, 11) is -1.46. The van der Waals surface area contributed by atoms with Gasteiger partial charge in [-0.25, -0.2) is 0 Å². The Morgan fingerprint density at radius 1 is 0.913 bits per heavy atom. The summed E-state index contributed by atoms with van der Waals surface area (Å²) in [6.07, 6.45) is 0.561. The average molecular weight is 327 g/mol. The number of imide groups is 1. The number of piperidine rings is 1. The van der Waals surface area contributed by atoms with Crippen LogP contribution in [0, 0.1) is 0 Å². The van der Waals surface area contributed by atoms with Crippen LogP contribution in [-0.4, -0.2) is 21.3 Å². The van der Waals surface area contributed by atoms with Crippen LogP contribution in [0.3, 0.4) is 0 Å². The topological polar surface area (TPSA) is 63.2 Å². The molecule has 0 bridgehead atoms. The molecule has 0 radical (unpaired) electrons. The Hall–Kier alpha value is -2.27. The molecule has 2 atom stereocenters. The quantitative estimate of drug-likeness (QED) is 0.877. The highest BCUT2D eigenvalue weighted by atomic mass is 32.2. The second-order valence-corrected chi connectivity index (χ2v) is 7.17. The summed E-state index contributed by atoms with van der Waals surface area (Å²) in [6, 6.07) is 19.1. The molecule has 0 aromatic heterocycles. The van der Waals surface area contributed by atoms with Crippen LogP contribution < -0.4 is 5.32 Å². The van der Waals surface area contributed by atoms with Gasteiger partial charge in [0.1, 0.15) is 5.25 Å². The molecule has 0 spiro atoms. The van der Waals surface area contributed by atoms with Gasteiger partial charge in [-0.05, 0) is 17.5 Å². The van der Waals surface area contributed by atoms with Gasteiger partial charge in [0.2, 0.25) is 11.8 Å². The van der Waals surface area contributed by atoms with Crippen molar-refractivity contribution in [2.75, 3.05) is 0 Å². The fourth-order valence-electron chi connectivity index (χ4n) is 2.78. The molecule has 1 aliphatic heterocycles. The number of amides is 2. The summed E-state index contributed by atoms with van der Waals surface area (Å²) in [5.41, 5.74) is 1.81. The summed E-state index contributed by atoms with van der Waals surface area (Å²) in [5.74, 6) is -0.726. The molecular weight excluding hydrogens is 310 g/mol. The molecule has 4 nitrogen and oxygen atoms in total. The van der Waals surface area contributed by atoms with Crippen molar-refractivity contribution in [2.24, 2.45) is 0 Å². The maximum absolute atomic E-state index is 13.2. The van der Waals surface area contributed by atoms with Crippen LogP contribution in [-0.2, 0) is 20.4 Å². The molecule has 2 unspecified atom stereocenters. The summed E-state index contributed by atoms with van der Waals surface area (Å²) in [6.45, 7) is 0. The van der Waals surface area contributed by atoms with Crippen molar-refractivity contribution in [3.63, 3.8) is 0 Å². The van der Waals surface area contributed by atoms with Gasteiger partial charge in [0.25, 0.3) is 0 Å². The van der Waals surface area contributed by atoms with Gasteiger partial charge < -0.3 is 0 Å². The first-order valence-electron chi connectivity index (χ1n) is 7.50. The molecule has 3 rings (SSSR count). The van der Waals surface area contributed by atoms with E-state index in [-0.39, 0.29) is 17.6 Å². The first-order chi connectivity index (χ1) is 11.2. The lowest BCUT2D eigenvalue weighted by Gasteiger charge is -2.26. The van der Waals surface area contributed by atoms with E-state index in [1.807, 2.05) is 60.7 Å². The zero-order chi connectivity index (χ0) is 16.2. The van der Waals surface area contributed by atoms with Crippen LogP contribution >= 0.6 is 0 Å². The first kappa shape index (κ1) is 15.6. The van der Waals surface area contributed by atoms with E-state index >= 15 is 0 Å². The molecule has 2 amide bonds. The molecule has 0 saturated carbocycles. The molecule has 0 aliphatic carbocycles. The third kappa shape index (κ3) is 3.40. The number of carbonyl (C=O) groups excluding carboxylic acids is 2. The Morgan fingerprint density at radius 3 is 1.91 bits per heavy atom. The van der Waals surface area contributed by atoms with Crippen LogP contribution in [0.25, 0.3) is 0 Å². The van der Waals surface area contributed by atoms with Crippen LogP contribution in [0.4, 0.5) is 0 Å². The summed E-state index contributed by atoms with van der Waals surface area (Å²) >= 11 is 0. The molecule has 1 saturated heterocycles. The van der Waals surface area contributed by atoms with Gasteiger partial charge in [-0.3, -0.25) is 19.1 Å². The lowest BCUT2D eigenvalue weighted by molar-refractivity contribution is -0.132. The Bertz CT molecular complexity index is 691. The minimum Gasteiger partial charge on any atom is -0.295 e. The fraction of sp³-hybridized carbons (Fsp3) is 0.222. The Balaban J connectivity index is 1.97. The van der Waals surface area contributed by atoms with Crippen molar-refractivity contribution in [3.8, 4) is 0 Å². The second-order valence-electron chi connectivity index (χ2n) is 5.47. The number of hydrogen-bond acceptors (Lipinski definition) is 3. The summed E-state index contributed by atoms with van der Waals surface area (Å²) in [4.78, 5) is 23.4. The van der Waals surface area contributed by atoms with Crippen LogP contribution in [0.15, 0.2) is 60.7 Å². The van der Waals surface area contributed by atoms with Crippen molar-refractivity contribution in [1.29, 1.82) is 0 Å². The van der Waals surface area contributed by atoms with Crippen LogP contribution in [0.2, 0.25) is 0 Å². The largest absolute Gasteiger partial charge is 0.295 e. The van der Waals surface area contributed by atoms with E-state index in [4.69, 9.17) is 0 Å². The summed E-state index contributed by atoms with van der Waals surface area (Å²) < 4.78 is 13.2. The monoisotopic (exact) mass is 327 g/mol. The minimum atomic E-state index is -1.46. The predicted octanol–water partition coefficient (Wildman–Crippen LogP) is 2.33. The van der Waals surface area contributed by atoms with Crippen molar-refractivity contribution in [3.05, 3.63) is 71.8 Å². The first-order valence-corrected chi connectivity index (χ1v) is 8.77. The van der Waals surface area contributed by atoms with Crippen molar-refractivity contribution in [2.45, 2.75) is 23.3 Å². The molecule has 1 fully saturated rings. The zero-order valence-electron chi connectivity index (χ0n) is 12.5. The molecular formula is C18H17NO3S. The third-order valence-electron chi connectivity index (χ3n) is 3.91. The highest BCUT2D eigenvalue weighted by molar-refractivity contribution is 7.87. The van der Waals surface area contributed by atoms with E-state index in [0.29, 0.717) is 6.42 Å². The van der Waals surface area contributed by atoms with Crippen LogP contribution in [0.1, 0.15) is 29.2 Å². The molecule has 1 aliphatic rings. The molecule has 1 heterocycles. The SMILES string of the molecule is O=C1CCC(S(=O)C(c2ccccc2)c2ccccc2)C(=O)N1. The number of hydrogen-bond donors (Lipinski definition) is 1. The van der Waals surface area contributed by atoms with Crippen LogP contribution in [0.5, 0.6) is 0 Å². The highest BCUT2D eigenvalue weighted by Crippen LogP contribution is 2.32. The van der Waals surface area contributed by atoms with Gasteiger partial charge in [0, 0.05) is 17.2 Å². The van der Waals surface area contributed by atoms with Gasteiger partial charge in [0.05, 0.1) is 5.25 Å². The fourth-order valence-corrected chi connectivity index (χ4v) is 4.58. The van der Waals surface area contributed by atoms with Crippen molar-refractivity contribution >= 4 is 22.6 Å². The van der Waals surface area contributed by atoms with Gasteiger partial charge in [-0.1, -0.05) is 60.7 Å². The molecule has 2 aromatic carbocycles. The second kappa shape index (κ2) is 6.87. The highest BCUT2D eigenvalue weighted by Gasteiger charge is 2.36. The van der Waals surface area contributed by atoms with E-state index in [0.717, 1.165) is 11.1 Å². The number of rotatable bonds is 4. The lowest BCUT2D eigenvalue weighted by Crippen LogP contribution is -2.46. The number of carbonyl (C=O) groups is 2. The van der Waals surface area contributed by atoms with E-state index in [2.05, 4.69) is 5.32 Å². The zero-order valence-corrected chi connectivity index (χ0v) is 13.3. The third-order valence-corrected chi connectivity index (χ3v) is 5.93. The molecule has 23 heavy (non-hydrogen) atoms. The number of benzene rings is 2. The standard InChI is InChI=1S/C18H17NO3S/c20-16-12-11-15(18(21)19-16)23(22)17(13-7-3-1-4-8-13)14-9-5-2-6-10-14/h1-10,15,17H,11-12H2,(H,19,20,21). The normalized spacial score (nSPS) is 19.4. The Labute approximate surface area is 137 Å². The average Bonchev–Trinajstić information content (AvgIpc) is 2.57. The Kier molecular flexibility index (Phi) is 4.67. The van der Waals surface area contributed by atoms with Gasteiger partial charge in [-0.15, -0.1) is 0 Å². The molecule has 1 N–H and O–H groups in total. The maximum Gasteiger partial charge on any atom is 0.242 e. The smallest absolute Gasteiger partial charge is 0.242 e. The number of nitrogens with one attached hydrogen (secondary N) is 1. The van der Waals surface area contributed by atoms with E-state index in [1.54, 1.807) is 0 Å². The minimum absolute atomic E-state index is 0.235. The van der Waals surface area contributed by atoms with E-state index in [9.17, 15) is 13.8 Å². The van der Waals surface area contributed by atoms with Gasteiger partial charge in [-0.2, -0.15) is 0 Å². The predicted molar refractivity (Wildman–Crippen MR) is 89.0 cm³/mol. The van der Waals surface area contributed by atoms with Gasteiger partial charge >= 0.3 is 0 Å². The maximum atomic E-state index is 13.2. The van der Waals surface area contributed by atoms with E-state index in [1.165, 1.54) is 0 Å². The van der Waals surface area contributed by atoms with Crippen molar-refractivity contribution in [1.82, 2.24) is 5.32 Å². The Morgan fingerprint density at radius 2 is 1.43 bits per heavy atom. The van der Waals surface area contributed by atoms with Crippen molar-refractivity contribution < 1.29 is 13.8 Å². The van der Waals surface area contributed by atoms with Gasteiger partial charge in [0.15, 0.2) is 0 Å². The molecule has 2 aromatic rings. The molecule has 5 heteroatoms. The van der Waals surface area contributed by atoms with E-state index < -0.39 is 22.0 Å². The lowest BCUT2D eigenvalue weighted by atomic mass is 10.0.